The van der Waals surface area contributed by atoms with Gasteiger partial charge in [0.2, 0.25) is 0 Å². The van der Waals surface area contributed by atoms with Gasteiger partial charge in [0.25, 0.3) is 0 Å². The van der Waals surface area contributed by atoms with Gasteiger partial charge in [0.15, 0.2) is 6.10 Å². The van der Waals surface area contributed by atoms with Gasteiger partial charge in [0.05, 0.1) is 0 Å². The Bertz CT molecular complexity index is 1700. The molecular formula is C77H130O6. The molecule has 0 aromatic heterocycles. The Kier molecular flexibility index (Phi) is 66.7. The van der Waals surface area contributed by atoms with Crippen LogP contribution in [0.5, 0.6) is 0 Å². The molecule has 0 spiro atoms. The highest BCUT2D eigenvalue weighted by Gasteiger charge is 2.19. The van der Waals surface area contributed by atoms with Crippen molar-refractivity contribution >= 4 is 17.9 Å². The molecule has 6 nitrogen and oxygen atoms in total. The van der Waals surface area contributed by atoms with Crippen LogP contribution in [0.25, 0.3) is 0 Å². The van der Waals surface area contributed by atoms with Crippen LogP contribution >= 0.6 is 0 Å². The number of rotatable bonds is 63. The summed E-state index contributed by atoms with van der Waals surface area (Å²) in [6.07, 6.45) is 97.9. The van der Waals surface area contributed by atoms with E-state index in [1.165, 1.54) is 186 Å². The largest absolute Gasteiger partial charge is 0.462 e. The summed E-state index contributed by atoms with van der Waals surface area (Å²) in [4.78, 5) is 38.4. The minimum atomic E-state index is -0.809. The van der Waals surface area contributed by atoms with Gasteiger partial charge in [-0.25, -0.2) is 0 Å². The van der Waals surface area contributed by atoms with Gasteiger partial charge < -0.3 is 14.2 Å². The van der Waals surface area contributed by atoms with Crippen LogP contribution in [0.2, 0.25) is 0 Å². The number of hydrogen-bond donors (Lipinski definition) is 0. The molecule has 0 fully saturated rings. The van der Waals surface area contributed by atoms with Crippen molar-refractivity contribution in [2.75, 3.05) is 13.2 Å². The molecule has 0 aliphatic heterocycles. The van der Waals surface area contributed by atoms with Crippen LogP contribution in [-0.2, 0) is 28.6 Å². The maximum absolute atomic E-state index is 13.0. The highest BCUT2D eigenvalue weighted by Crippen LogP contribution is 2.16. The Balaban J connectivity index is 4.41. The molecule has 83 heavy (non-hydrogen) atoms. The average molecular weight is 1150 g/mol. The lowest BCUT2D eigenvalue weighted by molar-refractivity contribution is -0.167. The van der Waals surface area contributed by atoms with E-state index in [1.807, 2.05) is 0 Å². The zero-order valence-electron chi connectivity index (χ0n) is 54.4. The second-order valence-corrected chi connectivity index (χ2v) is 23.1. The monoisotopic (exact) mass is 1150 g/mol. The Labute approximate surface area is 513 Å². The summed E-state index contributed by atoms with van der Waals surface area (Å²) < 4.78 is 16.9. The molecule has 0 aliphatic carbocycles. The maximum Gasteiger partial charge on any atom is 0.306 e. The van der Waals surface area contributed by atoms with Crippen molar-refractivity contribution in [1.82, 2.24) is 0 Å². The molecule has 1 unspecified atom stereocenters. The Morgan fingerprint density at radius 1 is 0.253 bits per heavy atom. The van der Waals surface area contributed by atoms with Crippen molar-refractivity contribution in [1.29, 1.82) is 0 Å². The number of unbranched alkanes of at least 4 members (excludes halogenated alkanes) is 32. The number of esters is 3. The summed E-state index contributed by atoms with van der Waals surface area (Å²) in [6.45, 7) is 6.48. The predicted octanol–water partition coefficient (Wildman–Crippen LogP) is 24.3. The first-order chi connectivity index (χ1) is 41.0. The van der Waals surface area contributed by atoms with Crippen LogP contribution in [0, 0.1) is 0 Å². The number of carbonyl (C=O) groups excluding carboxylic acids is 3. The normalized spacial score (nSPS) is 12.9. The molecule has 0 saturated carbocycles. The van der Waals surface area contributed by atoms with E-state index < -0.39 is 6.10 Å². The number of ether oxygens (including phenoxy) is 3. The lowest BCUT2D eigenvalue weighted by Crippen LogP contribution is -2.30. The Morgan fingerprint density at radius 2 is 0.482 bits per heavy atom. The fourth-order valence-electron chi connectivity index (χ4n) is 9.69. The van der Waals surface area contributed by atoms with Crippen LogP contribution in [0.4, 0.5) is 0 Å². The first-order valence-electron chi connectivity index (χ1n) is 35.0. The van der Waals surface area contributed by atoms with Crippen LogP contribution in [0.1, 0.15) is 329 Å². The molecule has 0 radical (unpaired) electrons. The van der Waals surface area contributed by atoms with E-state index >= 15 is 0 Å². The molecule has 0 aliphatic rings. The van der Waals surface area contributed by atoms with E-state index in [1.54, 1.807) is 0 Å². The standard InChI is InChI=1S/C77H130O6/c1-4-7-10-13-16-19-22-25-28-31-33-35-36-37-38-39-40-42-43-46-49-52-55-58-61-64-67-70-76(79)82-73-74(72-81-75(78)69-66-63-60-57-54-51-48-45-30-27-24-21-18-15-12-9-6-3)83-77(80)71-68-65-62-59-56-53-50-47-44-41-34-32-29-26-23-20-17-14-11-8-5-2/h9,12,18,21-23,25-27,30-34,36-37,48,51,57,60,74H,4-8,10-11,13-17,19-20,24,28-29,35,38-47,49-50,52-56,58-59,61-73H2,1-3H3/b12-9-,21-18-,25-22-,26-23-,30-27-,33-31-,34-32-,37-36-,51-48-,60-57-. The highest BCUT2D eigenvalue weighted by molar-refractivity contribution is 5.71. The first kappa shape index (κ1) is 78.8. The summed E-state index contributed by atoms with van der Waals surface area (Å²) in [6, 6.07) is 0. The topological polar surface area (TPSA) is 78.9 Å². The van der Waals surface area contributed by atoms with Crippen molar-refractivity contribution in [3.05, 3.63) is 122 Å². The fourth-order valence-corrected chi connectivity index (χ4v) is 9.69. The molecule has 1 atom stereocenters. The Hall–Kier alpha value is -4.19. The van der Waals surface area contributed by atoms with Gasteiger partial charge in [-0.3, -0.25) is 14.4 Å². The maximum atomic E-state index is 13.0. The van der Waals surface area contributed by atoms with E-state index in [0.29, 0.717) is 19.3 Å². The molecule has 0 aromatic carbocycles. The first-order valence-corrected chi connectivity index (χ1v) is 35.0. The van der Waals surface area contributed by atoms with Crippen LogP contribution < -0.4 is 0 Å². The minimum absolute atomic E-state index is 0.0997. The second kappa shape index (κ2) is 70.3. The van der Waals surface area contributed by atoms with Gasteiger partial charge in [-0.05, 0) is 128 Å². The zero-order chi connectivity index (χ0) is 59.9. The Morgan fingerprint density at radius 3 is 0.783 bits per heavy atom. The zero-order valence-corrected chi connectivity index (χ0v) is 54.4. The summed E-state index contributed by atoms with van der Waals surface area (Å²) in [5.74, 6) is -0.957. The predicted molar refractivity (Wildman–Crippen MR) is 362 cm³/mol. The lowest BCUT2D eigenvalue weighted by atomic mass is 10.0. The summed E-state index contributed by atoms with van der Waals surface area (Å²) >= 11 is 0. The van der Waals surface area contributed by atoms with Gasteiger partial charge in [-0.2, -0.15) is 0 Å². The SMILES string of the molecule is CC/C=C\C/C=C\C/C=C\C/C=C\C/C=C\CCCC(=O)OCC(COC(=O)CCCCCCCCCCCCCC/C=C\C/C=C\C/C=C\CCCCCCC)OC(=O)CCCCCCCCCCC/C=C\C/C=C\CCCCCCC. The summed E-state index contributed by atoms with van der Waals surface area (Å²) in [7, 11) is 0. The van der Waals surface area contributed by atoms with Crippen molar-refractivity contribution in [3.63, 3.8) is 0 Å². The van der Waals surface area contributed by atoms with Crippen molar-refractivity contribution in [3.8, 4) is 0 Å². The molecular weight excluding hydrogens is 1020 g/mol. The van der Waals surface area contributed by atoms with Gasteiger partial charge in [0.1, 0.15) is 13.2 Å². The van der Waals surface area contributed by atoms with E-state index in [9.17, 15) is 14.4 Å². The van der Waals surface area contributed by atoms with E-state index in [4.69, 9.17) is 14.2 Å². The van der Waals surface area contributed by atoms with Gasteiger partial charge in [-0.15, -0.1) is 0 Å². The lowest BCUT2D eigenvalue weighted by Gasteiger charge is -2.18. The molecule has 0 amide bonds. The van der Waals surface area contributed by atoms with E-state index in [0.717, 1.165) is 96.3 Å². The molecule has 0 bridgehead atoms. The average Bonchev–Trinajstić information content (AvgIpc) is 3.50. The molecule has 0 saturated heterocycles. The number of hydrogen-bond acceptors (Lipinski definition) is 6. The van der Waals surface area contributed by atoms with Gasteiger partial charge in [0, 0.05) is 19.3 Å². The van der Waals surface area contributed by atoms with E-state index in [-0.39, 0.29) is 37.5 Å². The highest BCUT2D eigenvalue weighted by atomic mass is 16.6. The quantitative estimate of drug-likeness (QED) is 0.0261. The molecule has 0 N–H and O–H groups in total. The smallest absolute Gasteiger partial charge is 0.306 e. The van der Waals surface area contributed by atoms with Crippen LogP contribution in [-0.4, -0.2) is 37.2 Å². The third-order valence-corrected chi connectivity index (χ3v) is 14.9. The summed E-state index contributed by atoms with van der Waals surface area (Å²) in [5, 5.41) is 0. The number of allylic oxidation sites excluding steroid dienone is 20. The van der Waals surface area contributed by atoms with Gasteiger partial charge in [-0.1, -0.05) is 303 Å². The molecule has 0 heterocycles. The van der Waals surface area contributed by atoms with Crippen molar-refractivity contribution in [2.45, 2.75) is 335 Å². The molecule has 0 aromatic rings. The van der Waals surface area contributed by atoms with Crippen molar-refractivity contribution < 1.29 is 28.6 Å². The van der Waals surface area contributed by atoms with Crippen molar-refractivity contribution in [2.24, 2.45) is 0 Å². The van der Waals surface area contributed by atoms with Gasteiger partial charge >= 0.3 is 17.9 Å². The summed E-state index contributed by atoms with van der Waals surface area (Å²) in [5.41, 5.74) is 0. The second-order valence-electron chi connectivity index (χ2n) is 23.1. The molecule has 6 heteroatoms. The molecule has 0 rings (SSSR count). The van der Waals surface area contributed by atoms with Crippen LogP contribution in [0.15, 0.2) is 122 Å². The third kappa shape index (κ3) is 68.5. The van der Waals surface area contributed by atoms with E-state index in [2.05, 4.69) is 142 Å². The van der Waals surface area contributed by atoms with Crippen LogP contribution in [0.3, 0.4) is 0 Å². The fraction of sp³-hybridized carbons (Fsp3) is 0.701. The third-order valence-electron chi connectivity index (χ3n) is 14.9. The minimum Gasteiger partial charge on any atom is -0.462 e. The number of carbonyl (C=O) groups is 3. The molecule has 474 valence electrons.